The summed E-state index contributed by atoms with van der Waals surface area (Å²) in [6, 6.07) is 7.88. The molecule has 0 N–H and O–H groups in total. The van der Waals surface area contributed by atoms with Gasteiger partial charge >= 0.3 is 0 Å². The molecule has 2 unspecified atom stereocenters. The Hall–Kier alpha value is 0.160. The Morgan fingerprint density at radius 2 is 2.44 bits per heavy atom. The van der Waals surface area contributed by atoms with Crippen LogP contribution in [0.5, 0.6) is 0 Å². The number of hydrogen-bond acceptors (Lipinski definition) is 2. The summed E-state index contributed by atoms with van der Waals surface area (Å²) in [6.45, 7) is 1.53. The molecule has 0 saturated carbocycles. The van der Waals surface area contributed by atoms with Gasteiger partial charge in [0.25, 0.3) is 0 Å². The molecule has 1 aromatic carbocycles. The zero-order valence-electron chi connectivity index (χ0n) is 8.86. The van der Waals surface area contributed by atoms with E-state index in [1.165, 1.54) is 0 Å². The summed E-state index contributed by atoms with van der Waals surface area (Å²) in [4.78, 5) is 0. The molecule has 0 aromatic heterocycles. The number of halogens is 2. The first kappa shape index (κ1) is 12.6. The summed E-state index contributed by atoms with van der Waals surface area (Å²) in [6.07, 6.45) is 1.35. The zero-order valence-corrected chi connectivity index (χ0v) is 11.8. The Balaban J connectivity index is 2.03. The molecule has 2 nitrogen and oxygen atoms in total. The SMILES string of the molecule is Clc1cccc(C(CI)OC2CCOC2)c1. The molecule has 1 saturated heterocycles. The minimum Gasteiger partial charge on any atom is -0.379 e. The Morgan fingerprint density at radius 1 is 1.56 bits per heavy atom. The highest BCUT2D eigenvalue weighted by Gasteiger charge is 2.21. The number of rotatable bonds is 4. The van der Waals surface area contributed by atoms with Crippen molar-refractivity contribution in [2.24, 2.45) is 0 Å². The maximum atomic E-state index is 6.01. The second-order valence-electron chi connectivity index (χ2n) is 3.82. The van der Waals surface area contributed by atoms with Crippen LogP contribution in [0.15, 0.2) is 24.3 Å². The van der Waals surface area contributed by atoms with Gasteiger partial charge in [-0.05, 0) is 24.1 Å². The summed E-state index contributed by atoms with van der Waals surface area (Å²) in [5.41, 5.74) is 1.15. The zero-order chi connectivity index (χ0) is 11.4. The van der Waals surface area contributed by atoms with Crippen molar-refractivity contribution in [2.75, 3.05) is 17.6 Å². The van der Waals surface area contributed by atoms with Crippen molar-refractivity contribution in [1.82, 2.24) is 0 Å². The summed E-state index contributed by atoms with van der Waals surface area (Å²) in [5.74, 6) is 0. The van der Waals surface area contributed by atoms with E-state index in [-0.39, 0.29) is 12.2 Å². The molecule has 1 fully saturated rings. The Morgan fingerprint density at radius 3 is 3.06 bits per heavy atom. The van der Waals surface area contributed by atoms with Gasteiger partial charge in [0.2, 0.25) is 0 Å². The molecule has 1 aliphatic rings. The number of ether oxygens (including phenoxy) is 2. The summed E-state index contributed by atoms with van der Waals surface area (Å²) in [7, 11) is 0. The lowest BCUT2D eigenvalue weighted by Crippen LogP contribution is -2.17. The fraction of sp³-hybridized carbons (Fsp3) is 0.500. The Kier molecular flexibility index (Phi) is 4.88. The van der Waals surface area contributed by atoms with Crippen molar-refractivity contribution in [3.8, 4) is 0 Å². The first-order valence-electron chi connectivity index (χ1n) is 5.34. The van der Waals surface area contributed by atoms with Crippen molar-refractivity contribution in [3.05, 3.63) is 34.9 Å². The quantitative estimate of drug-likeness (QED) is 0.609. The molecule has 0 bridgehead atoms. The van der Waals surface area contributed by atoms with Gasteiger partial charge in [-0.15, -0.1) is 0 Å². The monoisotopic (exact) mass is 352 g/mol. The first-order valence-corrected chi connectivity index (χ1v) is 7.24. The molecule has 0 amide bonds. The summed E-state index contributed by atoms with van der Waals surface area (Å²) in [5, 5.41) is 0.763. The van der Waals surface area contributed by atoms with Gasteiger partial charge in [0.15, 0.2) is 0 Å². The lowest BCUT2D eigenvalue weighted by atomic mass is 10.1. The van der Waals surface area contributed by atoms with E-state index in [1.54, 1.807) is 0 Å². The van der Waals surface area contributed by atoms with Crippen LogP contribution in [-0.4, -0.2) is 23.7 Å². The molecule has 4 heteroatoms. The average molecular weight is 353 g/mol. The van der Waals surface area contributed by atoms with Crippen LogP contribution in [0.3, 0.4) is 0 Å². The number of benzene rings is 1. The van der Waals surface area contributed by atoms with Gasteiger partial charge in [-0.1, -0.05) is 46.3 Å². The van der Waals surface area contributed by atoms with Gasteiger partial charge in [-0.3, -0.25) is 0 Å². The fourth-order valence-electron chi connectivity index (χ4n) is 1.76. The number of hydrogen-bond donors (Lipinski definition) is 0. The molecule has 0 spiro atoms. The third-order valence-corrected chi connectivity index (χ3v) is 3.64. The predicted molar refractivity (Wildman–Crippen MR) is 73.4 cm³/mol. The van der Waals surface area contributed by atoms with Crippen molar-refractivity contribution in [2.45, 2.75) is 18.6 Å². The minimum atomic E-state index is 0.117. The van der Waals surface area contributed by atoms with Crippen LogP contribution in [0.25, 0.3) is 0 Å². The van der Waals surface area contributed by atoms with Crippen molar-refractivity contribution in [3.63, 3.8) is 0 Å². The topological polar surface area (TPSA) is 18.5 Å². The maximum absolute atomic E-state index is 6.01. The molecule has 16 heavy (non-hydrogen) atoms. The molecule has 88 valence electrons. The van der Waals surface area contributed by atoms with E-state index in [9.17, 15) is 0 Å². The summed E-state index contributed by atoms with van der Waals surface area (Å²) < 4.78 is 12.2. The van der Waals surface area contributed by atoms with Crippen LogP contribution in [0.4, 0.5) is 0 Å². The molecule has 2 atom stereocenters. The molecule has 1 aliphatic heterocycles. The van der Waals surface area contributed by atoms with Gasteiger partial charge in [0, 0.05) is 16.1 Å². The summed E-state index contributed by atoms with van der Waals surface area (Å²) >= 11 is 8.32. The highest BCUT2D eigenvalue weighted by molar-refractivity contribution is 14.1. The van der Waals surface area contributed by atoms with Crippen LogP contribution in [0.1, 0.15) is 18.1 Å². The molecule has 1 aromatic rings. The fourth-order valence-corrected chi connectivity index (χ4v) is 2.68. The van der Waals surface area contributed by atoms with Crippen molar-refractivity contribution in [1.29, 1.82) is 0 Å². The van der Waals surface area contributed by atoms with E-state index in [1.807, 2.05) is 18.2 Å². The van der Waals surface area contributed by atoms with Gasteiger partial charge in [0.1, 0.15) is 0 Å². The Bertz CT molecular complexity index is 340. The largest absolute Gasteiger partial charge is 0.379 e. The predicted octanol–water partition coefficient (Wildman–Crippen LogP) is 3.62. The van der Waals surface area contributed by atoms with E-state index in [0.717, 1.165) is 28.0 Å². The molecule has 0 aliphatic carbocycles. The maximum Gasteiger partial charge on any atom is 0.0919 e. The molecule has 1 heterocycles. The minimum absolute atomic E-state index is 0.117. The lowest BCUT2D eigenvalue weighted by molar-refractivity contribution is -0.00383. The van der Waals surface area contributed by atoms with Gasteiger partial charge in [-0.25, -0.2) is 0 Å². The van der Waals surface area contributed by atoms with Gasteiger partial charge in [-0.2, -0.15) is 0 Å². The number of alkyl halides is 1. The standard InChI is InChI=1S/C12H14ClIO2/c13-10-3-1-2-9(6-10)12(7-14)16-11-4-5-15-8-11/h1-3,6,11-12H,4-5,7-8H2. The van der Waals surface area contributed by atoms with Crippen LogP contribution in [0.2, 0.25) is 5.02 Å². The second kappa shape index (κ2) is 6.19. The first-order chi connectivity index (χ1) is 7.79. The Labute approximate surface area is 114 Å². The third-order valence-electron chi connectivity index (χ3n) is 2.61. The van der Waals surface area contributed by atoms with Crippen molar-refractivity contribution < 1.29 is 9.47 Å². The van der Waals surface area contributed by atoms with Crippen LogP contribution >= 0.6 is 34.2 Å². The smallest absolute Gasteiger partial charge is 0.0919 e. The van der Waals surface area contributed by atoms with Crippen LogP contribution < -0.4 is 0 Å². The van der Waals surface area contributed by atoms with Crippen molar-refractivity contribution >= 4 is 34.2 Å². The van der Waals surface area contributed by atoms with E-state index >= 15 is 0 Å². The van der Waals surface area contributed by atoms with Gasteiger partial charge < -0.3 is 9.47 Å². The van der Waals surface area contributed by atoms with E-state index < -0.39 is 0 Å². The molecular formula is C12H14ClIO2. The normalized spacial score (nSPS) is 22.2. The van der Waals surface area contributed by atoms with E-state index in [0.29, 0.717) is 6.61 Å². The average Bonchev–Trinajstić information content (AvgIpc) is 2.78. The highest BCUT2D eigenvalue weighted by atomic mass is 127. The van der Waals surface area contributed by atoms with Crippen LogP contribution in [0, 0.1) is 0 Å². The lowest BCUT2D eigenvalue weighted by Gasteiger charge is -2.20. The van der Waals surface area contributed by atoms with E-state index in [2.05, 4.69) is 28.7 Å². The highest BCUT2D eigenvalue weighted by Crippen LogP contribution is 2.26. The van der Waals surface area contributed by atoms with Crippen LogP contribution in [-0.2, 0) is 9.47 Å². The van der Waals surface area contributed by atoms with E-state index in [4.69, 9.17) is 21.1 Å². The molecule has 0 radical (unpaired) electrons. The molecule has 2 rings (SSSR count). The molecular weight excluding hydrogens is 338 g/mol. The second-order valence-corrected chi connectivity index (χ2v) is 5.14. The van der Waals surface area contributed by atoms with Gasteiger partial charge in [0.05, 0.1) is 18.8 Å². The third kappa shape index (κ3) is 3.32.